The van der Waals surface area contributed by atoms with Gasteiger partial charge in [0.25, 0.3) is 0 Å². The van der Waals surface area contributed by atoms with E-state index < -0.39 is 0 Å². The fraction of sp³-hybridized carbons (Fsp3) is 0.750. The summed E-state index contributed by atoms with van der Waals surface area (Å²) in [6.45, 7) is 9.82. The second kappa shape index (κ2) is 6.23. The van der Waals surface area contributed by atoms with E-state index in [1.165, 1.54) is 22.7 Å². The number of aromatic nitrogens is 1. The predicted molar refractivity (Wildman–Crippen MR) is 67.2 cm³/mol. The largest absolute Gasteiger partial charge is 0.308 e. The first-order chi connectivity index (χ1) is 7.08. The lowest BCUT2D eigenvalue weighted by molar-refractivity contribution is 0.450. The molecular weight excluding hydrogens is 204 g/mol. The standard InChI is InChI=1S/C12H22N2S/c1-9(2)5-6-10(3)13-8-12-14-7-11(4)15-12/h7,9-10,13H,5-6,8H2,1-4H3. The molecule has 2 nitrogen and oxygen atoms in total. The van der Waals surface area contributed by atoms with Crippen molar-refractivity contribution < 1.29 is 0 Å². The van der Waals surface area contributed by atoms with Crippen molar-refractivity contribution in [1.29, 1.82) is 0 Å². The van der Waals surface area contributed by atoms with Crippen LogP contribution in [0.3, 0.4) is 0 Å². The minimum atomic E-state index is 0.594. The molecule has 1 aromatic heterocycles. The summed E-state index contributed by atoms with van der Waals surface area (Å²) in [4.78, 5) is 5.63. The van der Waals surface area contributed by atoms with Crippen molar-refractivity contribution in [3.05, 3.63) is 16.1 Å². The Morgan fingerprint density at radius 2 is 2.07 bits per heavy atom. The van der Waals surface area contributed by atoms with Crippen molar-refractivity contribution in [2.45, 2.75) is 53.1 Å². The third-order valence-corrected chi connectivity index (χ3v) is 3.36. The second-order valence-electron chi connectivity index (χ2n) is 4.62. The molecule has 1 aromatic rings. The van der Waals surface area contributed by atoms with Crippen molar-refractivity contribution in [1.82, 2.24) is 10.3 Å². The van der Waals surface area contributed by atoms with Gasteiger partial charge >= 0.3 is 0 Å². The summed E-state index contributed by atoms with van der Waals surface area (Å²) in [5.74, 6) is 0.802. The molecule has 0 aliphatic heterocycles. The van der Waals surface area contributed by atoms with Gasteiger partial charge in [-0.1, -0.05) is 13.8 Å². The van der Waals surface area contributed by atoms with Crippen LogP contribution in [-0.2, 0) is 6.54 Å². The van der Waals surface area contributed by atoms with E-state index in [1.54, 1.807) is 11.3 Å². The van der Waals surface area contributed by atoms with Gasteiger partial charge in [0, 0.05) is 23.7 Å². The molecular formula is C12H22N2S. The van der Waals surface area contributed by atoms with Gasteiger partial charge in [0.05, 0.1) is 0 Å². The summed E-state index contributed by atoms with van der Waals surface area (Å²) in [5, 5.41) is 4.71. The number of aryl methyl sites for hydroxylation is 1. The summed E-state index contributed by atoms with van der Waals surface area (Å²) in [5.41, 5.74) is 0. The van der Waals surface area contributed by atoms with Crippen LogP contribution in [0.1, 0.15) is 43.5 Å². The van der Waals surface area contributed by atoms with E-state index in [9.17, 15) is 0 Å². The molecule has 1 unspecified atom stereocenters. The van der Waals surface area contributed by atoms with Crippen LogP contribution in [0.15, 0.2) is 6.20 Å². The highest BCUT2D eigenvalue weighted by molar-refractivity contribution is 7.11. The van der Waals surface area contributed by atoms with Crippen molar-refractivity contribution in [2.24, 2.45) is 5.92 Å². The van der Waals surface area contributed by atoms with Gasteiger partial charge in [-0.15, -0.1) is 11.3 Å². The zero-order valence-electron chi connectivity index (χ0n) is 10.2. The first-order valence-corrected chi connectivity index (χ1v) is 6.54. The van der Waals surface area contributed by atoms with Gasteiger partial charge in [0.1, 0.15) is 5.01 Å². The SMILES string of the molecule is Cc1cnc(CNC(C)CCC(C)C)s1. The zero-order chi connectivity index (χ0) is 11.3. The number of nitrogens with one attached hydrogen (secondary N) is 1. The Morgan fingerprint density at radius 1 is 1.33 bits per heavy atom. The average Bonchev–Trinajstić information content (AvgIpc) is 2.58. The maximum Gasteiger partial charge on any atom is 0.107 e. The molecule has 1 rings (SSSR count). The highest BCUT2D eigenvalue weighted by Crippen LogP contribution is 2.12. The van der Waals surface area contributed by atoms with Crippen LogP contribution < -0.4 is 5.32 Å². The van der Waals surface area contributed by atoms with Crippen LogP contribution >= 0.6 is 11.3 Å². The first kappa shape index (κ1) is 12.7. The van der Waals surface area contributed by atoms with E-state index in [0.717, 1.165) is 12.5 Å². The molecule has 3 heteroatoms. The van der Waals surface area contributed by atoms with Gasteiger partial charge in [0.15, 0.2) is 0 Å². The third kappa shape index (κ3) is 5.28. The number of nitrogens with zero attached hydrogens (tertiary/aromatic N) is 1. The summed E-state index contributed by atoms with van der Waals surface area (Å²) in [6.07, 6.45) is 4.49. The van der Waals surface area contributed by atoms with Crippen molar-refractivity contribution in [3.8, 4) is 0 Å². The molecule has 0 radical (unpaired) electrons. The summed E-state index contributed by atoms with van der Waals surface area (Å²) in [7, 11) is 0. The second-order valence-corrected chi connectivity index (χ2v) is 5.94. The van der Waals surface area contributed by atoms with Crippen molar-refractivity contribution >= 4 is 11.3 Å². The first-order valence-electron chi connectivity index (χ1n) is 5.72. The number of hydrogen-bond donors (Lipinski definition) is 1. The molecule has 0 aromatic carbocycles. The Labute approximate surface area is 97.1 Å². The third-order valence-electron chi connectivity index (χ3n) is 2.45. The van der Waals surface area contributed by atoms with Gasteiger partial charge in [-0.3, -0.25) is 0 Å². The van der Waals surface area contributed by atoms with E-state index in [-0.39, 0.29) is 0 Å². The molecule has 0 spiro atoms. The Balaban J connectivity index is 2.19. The zero-order valence-corrected chi connectivity index (χ0v) is 11.0. The predicted octanol–water partition coefficient (Wildman–Crippen LogP) is 3.37. The summed E-state index contributed by atoms with van der Waals surface area (Å²) < 4.78 is 0. The molecule has 0 amide bonds. The molecule has 15 heavy (non-hydrogen) atoms. The topological polar surface area (TPSA) is 24.9 Å². The molecule has 86 valence electrons. The monoisotopic (exact) mass is 226 g/mol. The lowest BCUT2D eigenvalue weighted by atomic mass is 10.0. The van der Waals surface area contributed by atoms with Gasteiger partial charge < -0.3 is 5.32 Å². The van der Waals surface area contributed by atoms with Crippen molar-refractivity contribution in [2.75, 3.05) is 0 Å². The van der Waals surface area contributed by atoms with Crippen LogP contribution in [0, 0.1) is 12.8 Å². The van der Waals surface area contributed by atoms with Crippen LogP contribution in [-0.4, -0.2) is 11.0 Å². The maximum absolute atomic E-state index is 4.34. The molecule has 1 atom stereocenters. The fourth-order valence-corrected chi connectivity index (χ4v) is 2.17. The summed E-state index contributed by atoms with van der Waals surface area (Å²) in [6, 6.07) is 0.594. The quantitative estimate of drug-likeness (QED) is 0.804. The van der Waals surface area contributed by atoms with Crippen LogP contribution in [0.25, 0.3) is 0 Å². The van der Waals surface area contributed by atoms with E-state index in [2.05, 4.69) is 38.0 Å². The Hall–Kier alpha value is -0.410. The lowest BCUT2D eigenvalue weighted by Crippen LogP contribution is -2.25. The Bertz CT molecular complexity index is 281. The van der Waals surface area contributed by atoms with Gasteiger partial charge in [-0.05, 0) is 32.6 Å². The average molecular weight is 226 g/mol. The molecule has 0 saturated heterocycles. The van der Waals surface area contributed by atoms with E-state index in [4.69, 9.17) is 0 Å². The molecule has 0 saturated carbocycles. The maximum atomic E-state index is 4.34. The molecule has 0 bridgehead atoms. The van der Waals surface area contributed by atoms with Gasteiger partial charge in [-0.2, -0.15) is 0 Å². The smallest absolute Gasteiger partial charge is 0.107 e. The number of thiazole rings is 1. The van der Waals surface area contributed by atoms with Gasteiger partial charge in [-0.25, -0.2) is 4.98 Å². The Kier molecular flexibility index (Phi) is 5.26. The summed E-state index contributed by atoms with van der Waals surface area (Å²) >= 11 is 1.78. The van der Waals surface area contributed by atoms with Crippen LogP contribution in [0.4, 0.5) is 0 Å². The Morgan fingerprint density at radius 3 is 2.60 bits per heavy atom. The lowest BCUT2D eigenvalue weighted by Gasteiger charge is -2.13. The van der Waals surface area contributed by atoms with E-state index >= 15 is 0 Å². The highest BCUT2D eigenvalue weighted by Gasteiger charge is 2.04. The number of hydrogen-bond acceptors (Lipinski definition) is 3. The van der Waals surface area contributed by atoms with E-state index in [0.29, 0.717) is 6.04 Å². The van der Waals surface area contributed by atoms with Crippen LogP contribution in [0.2, 0.25) is 0 Å². The highest BCUT2D eigenvalue weighted by atomic mass is 32.1. The van der Waals surface area contributed by atoms with Gasteiger partial charge in [0.2, 0.25) is 0 Å². The minimum absolute atomic E-state index is 0.594. The van der Waals surface area contributed by atoms with E-state index in [1.807, 2.05) is 6.20 Å². The van der Waals surface area contributed by atoms with Crippen LogP contribution in [0.5, 0.6) is 0 Å². The normalized spacial score (nSPS) is 13.4. The molecule has 0 aliphatic rings. The fourth-order valence-electron chi connectivity index (χ4n) is 1.43. The molecule has 1 N–H and O–H groups in total. The molecule has 1 heterocycles. The number of rotatable bonds is 6. The molecule has 0 fully saturated rings. The molecule has 0 aliphatic carbocycles. The van der Waals surface area contributed by atoms with Crippen molar-refractivity contribution in [3.63, 3.8) is 0 Å². The minimum Gasteiger partial charge on any atom is -0.308 e.